The molecule has 0 heterocycles. The molecule has 0 fully saturated rings. The zero-order valence-corrected chi connectivity index (χ0v) is 15.0. The first kappa shape index (κ1) is 20.9. The molecule has 9 nitrogen and oxygen atoms in total. The van der Waals surface area contributed by atoms with Crippen molar-refractivity contribution in [3.63, 3.8) is 0 Å². The Kier molecular flexibility index (Phi) is 8.62. The molecule has 4 N–H and O–H groups in total. The van der Waals surface area contributed by atoms with Gasteiger partial charge in [0.15, 0.2) is 6.61 Å². The second-order valence-electron chi connectivity index (χ2n) is 5.62. The number of para-hydroxylation sites is 1. The minimum atomic E-state index is -0.972. The molecule has 142 valence electrons. The van der Waals surface area contributed by atoms with Crippen molar-refractivity contribution in [1.82, 2.24) is 16.0 Å². The van der Waals surface area contributed by atoms with Gasteiger partial charge in [-0.1, -0.05) is 25.1 Å². The topological polar surface area (TPSA) is 126 Å². The van der Waals surface area contributed by atoms with E-state index < -0.39 is 36.6 Å². The van der Waals surface area contributed by atoms with Crippen LogP contribution in [0.15, 0.2) is 30.3 Å². The van der Waals surface area contributed by atoms with Crippen LogP contribution in [0.3, 0.4) is 0 Å². The summed E-state index contributed by atoms with van der Waals surface area (Å²) in [6.45, 7) is 4.47. The summed E-state index contributed by atoms with van der Waals surface area (Å²) in [5.41, 5.74) is 0.567. The van der Waals surface area contributed by atoms with E-state index in [1.807, 2.05) is 12.2 Å². The molecule has 1 rings (SSSR count). The van der Waals surface area contributed by atoms with E-state index in [4.69, 9.17) is 4.74 Å². The van der Waals surface area contributed by atoms with E-state index in [1.54, 1.807) is 37.3 Å². The van der Waals surface area contributed by atoms with Crippen molar-refractivity contribution in [2.24, 2.45) is 0 Å². The molecule has 0 aliphatic rings. The van der Waals surface area contributed by atoms with Crippen molar-refractivity contribution in [2.75, 3.05) is 11.9 Å². The van der Waals surface area contributed by atoms with Crippen LogP contribution in [-0.2, 0) is 14.3 Å². The summed E-state index contributed by atoms with van der Waals surface area (Å²) in [4.78, 5) is 46.6. The number of hydrogen-bond donors (Lipinski definition) is 4. The molecule has 0 aromatic heterocycles. The third-order valence-corrected chi connectivity index (χ3v) is 3.32. The summed E-state index contributed by atoms with van der Waals surface area (Å²) in [5, 5.41) is 9.53. The quantitative estimate of drug-likeness (QED) is 0.544. The summed E-state index contributed by atoms with van der Waals surface area (Å²) in [6.07, 6.45) is 0.713. The molecule has 2 atom stereocenters. The number of carbonyl (C=O) groups excluding carboxylic acids is 4. The van der Waals surface area contributed by atoms with Gasteiger partial charge >= 0.3 is 18.0 Å². The molecular formula is C17H24N4O5. The van der Waals surface area contributed by atoms with Crippen molar-refractivity contribution >= 4 is 29.6 Å². The molecular weight excluding hydrogens is 340 g/mol. The lowest BCUT2D eigenvalue weighted by Gasteiger charge is -2.14. The van der Waals surface area contributed by atoms with Gasteiger partial charge in [0, 0.05) is 11.7 Å². The van der Waals surface area contributed by atoms with Crippen molar-refractivity contribution in [3.8, 4) is 0 Å². The van der Waals surface area contributed by atoms with Crippen molar-refractivity contribution in [3.05, 3.63) is 30.3 Å². The van der Waals surface area contributed by atoms with E-state index in [2.05, 4.69) is 16.0 Å². The Bertz CT molecular complexity index is 635. The van der Waals surface area contributed by atoms with Crippen LogP contribution >= 0.6 is 0 Å². The van der Waals surface area contributed by atoms with Crippen LogP contribution in [-0.4, -0.2) is 42.6 Å². The molecule has 1 aromatic rings. The first-order valence-electron chi connectivity index (χ1n) is 8.21. The van der Waals surface area contributed by atoms with Crippen molar-refractivity contribution in [2.45, 2.75) is 39.3 Å². The van der Waals surface area contributed by atoms with Crippen LogP contribution in [0, 0.1) is 0 Å². The Balaban J connectivity index is 2.32. The largest absolute Gasteiger partial charge is 0.454 e. The number of hydrogen-bond acceptors (Lipinski definition) is 5. The predicted molar refractivity (Wildman–Crippen MR) is 95.4 cm³/mol. The average Bonchev–Trinajstić information content (AvgIpc) is 2.59. The van der Waals surface area contributed by atoms with Gasteiger partial charge in [0.05, 0.1) is 0 Å². The molecule has 0 bridgehead atoms. The van der Waals surface area contributed by atoms with E-state index in [0.717, 1.165) is 0 Å². The number of imide groups is 1. The highest BCUT2D eigenvalue weighted by Gasteiger charge is 2.19. The molecule has 0 aliphatic carbocycles. The van der Waals surface area contributed by atoms with Gasteiger partial charge in [0.1, 0.15) is 6.04 Å². The van der Waals surface area contributed by atoms with Crippen LogP contribution in [0.1, 0.15) is 27.2 Å². The number of ether oxygens (including phenoxy) is 1. The van der Waals surface area contributed by atoms with E-state index >= 15 is 0 Å². The molecule has 9 heteroatoms. The lowest BCUT2D eigenvalue weighted by molar-refractivity contribution is -0.149. The summed E-state index contributed by atoms with van der Waals surface area (Å²) >= 11 is 0. The number of rotatable bonds is 7. The molecule has 0 aliphatic heterocycles. The van der Waals surface area contributed by atoms with E-state index in [-0.39, 0.29) is 6.04 Å². The lowest BCUT2D eigenvalue weighted by atomic mass is 10.3. The smallest absolute Gasteiger partial charge is 0.328 e. The second-order valence-corrected chi connectivity index (χ2v) is 5.62. The number of benzene rings is 1. The maximum Gasteiger partial charge on any atom is 0.328 e. The van der Waals surface area contributed by atoms with Gasteiger partial charge < -0.3 is 20.7 Å². The Morgan fingerprint density at radius 3 is 2.27 bits per heavy atom. The maximum absolute atomic E-state index is 11.8. The SMILES string of the molecule is CC[C@@H](C)NC(=O)NC(=O)COC(=O)[C@H](C)NC(=O)Nc1ccccc1. The van der Waals surface area contributed by atoms with Gasteiger partial charge in [-0.25, -0.2) is 14.4 Å². The maximum atomic E-state index is 11.8. The molecule has 26 heavy (non-hydrogen) atoms. The van der Waals surface area contributed by atoms with E-state index in [1.165, 1.54) is 6.92 Å². The fourth-order valence-electron chi connectivity index (χ4n) is 1.73. The predicted octanol–water partition coefficient (Wildman–Crippen LogP) is 1.36. The zero-order valence-electron chi connectivity index (χ0n) is 15.0. The Hall–Kier alpha value is -3.10. The lowest BCUT2D eigenvalue weighted by Crippen LogP contribution is -2.46. The zero-order chi connectivity index (χ0) is 19.5. The molecule has 0 radical (unpaired) electrons. The number of carbonyl (C=O) groups is 4. The van der Waals surface area contributed by atoms with Gasteiger partial charge in [-0.15, -0.1) is 0 Å². The highest BCUT2D eigenvalue weighted by atomic mass is 16.5. The number of nitrogens with one attached hydrogen (secondary N) is 4. The van der Waals surface area contributed by atoms with E-state index in [0.29, 0.717) is 12.1 Å². The van der Waals surface area contributed by atoms with Crippen molar-refractivity contribution in [1.29, 1.82) is 0 Å². The third kappa shape index (κ3) is 8.13. The van der Waals surface area contributed by atoms with Crippen molar-refractivity contribution < 1.29 is 23.9 Å². The second kappa shape index (κ2) is 10.7. The number of esters is 1. The van der Waals surface area contributed by atoms with Gasteiger partial charge in [0.25, 0.3) is 5.91 Å². The Morgan fingerprint density at radius 2 is 1.65 bits per heavy atom. The Morgan fingerprint density at radius 1 is 1.00 bits per heavy atom. The normalized spacial score (nSPS) is 12.3. The summed E-state index contributed by atoms with van der Waals surface area (Å²) in [5.74, 6) is -1.56. The van der Waals surface area contributed by atoms with E-state index in [9.17, 15) is 19.2 Å². The van der Waals surface area contributed by atoms with Crippen LogP contribution in [0.5, 0.6) is 0 Å². The van der Waals surface area contributed by atoms with Crippen LogP contribution in [0.2, 0.25) is 0 Å². The summed E-state index contributed by atoms with van der Waals surface area (Å²) in [7, 11) is 0. The van der Waals surface area contributed by atoms with Crippen LogP contribution < -0.4 is 21.3 Å². The minimum Gasteiger partial charge on any atom is -0.454 e. The fraction of sp³-hybridized carbons (Fsp3) is 0.412. The monoisotopic (exact) mass is 364 g/mol. The molecule has 0 saturated carbocycles. The molecule has 0 spiro atoms. The van der Waals surface area contributed by atoms with Crippen LogP contribution in [0.4, 0.5) is 15.3 Å². The number of anilines is 1. The molecule has 0 unspecified atom stereocenters. The third-order valence-electron chi connectivity index (χ3n) is 3.32. The average molecular weight is 364 g/mol. The Labute approximate surface area is 151 Å². The van der Waals surface area contributed by atoms with Gasteiger partial charge in [-0.3, -0.25) is 10.1 Å². The van der Waals surface area contributed by atoms with Gasteiger partial charge in [-0.05, 0) is 32.4 Å². The van der Waals surface area contributed by atoms with Gasteiger partial charge in [-0.2, -0.15) is 0 Å². The minimum absolute atomic E-state index is 0.0855. The molecule has 0 saturated heterocycles. The fourth-order valence-corrected chi connectivity index (χ4v) is 1.73. The highest BCUT2D eigenvalue weighted by molar-refractivity contribution is 5.96. The molecule has 5 amide bonds. The van der Waals surface area contributed by atoms with Gasteiger partial charge in [0.2, 0.25) is 0 Å². The highest BCUT2D eigenvalue weighted by Crippen LogP contribution is 2.04. The standard InChI is InChI=1S/C17H24N4O5/c1-4-11(2)18-16(24)21-14(22)10-26-15(23)12(3)19-17(25)20-13-8-6-5-7-9-13/h5-9,11-12H,4,10H2,1-3H3,(H2,19,20,25)(H2,18,21,22,24)/t11-,12+/m1/s1. The summed E-state index contributed by atoms with van der Waals surface area (Å²) in [6, 6.07) is 6.39. The van der Waals surface area contributed by atoms with Crippen LogP contribution in [0.25, 0.3) is 0 Å². The first-order valence-corrected chi connectivity index (χ1v) is 8.21. The summed E-state index contributed by atoms with van der Waals surface area (Å²) < 4.78 is 4.78. The number of amides is 5. The molecule has 1 aromatic carbocycles. The number of urea groups is 2. The first-order chi connectivity index (χ1) is 12.3.